The van der Waals surface area contributed by atoms with Crippen LogP contribution >= 0.6 is 7.80 Å². The molecule has 3 atom stereocenters. The van der Waals surface area contributed by atoms with Crippen LogP contribution in [0, 0.1) is 0 Å². The first-order valence-electron chi connectivity index (χ1n) is 2.47. The van der Waals surface area contributed by atoms with Crippen molar-refractivity contribution in [2.24, 2.45) is 0 Å². The van der Waals surface area contributed by atoms with Crippen LogP contribution in [0.5, 0.6) is 0 Å². The van der Waals surface area contributed by atoms with Crippen molar-refractivity contribution in [2.75, 3.05) is 6.16 Å². The zero-order valence-corrected chi connectivity index (χ0v) is 4.73. The molecule has 0 spiro atoms. The molecule has 2 fully saturated rings. The molecule has 2 nitrogen and oxygen atoms in total. The van der Waals surface area contributed by atoms with Crippen molar-refractivity contribution < 1.29 is 9.30 Å². The molecule has 0 saturated carbocycles. The lowest BCUT2D eigenvalue weighted by atomic mass is 10.4. The number of rotatable bonds is 0. The van der Waals surface area contributed by atoms with Gasteiger partial charge in [0.05, 0.1) is 0 Å². The number of fused-ring (bicyclic) bond motifs is 1. The molecule has 2 saturated heterocycles. The molecule has 0 aromatic carbocycles. The maximum atomic E-state index is 10.6. The molecule has 2 rings (SSSR count). The Morgan fingerprint density at radius 2 is 2.57 bits per heavy atom. The van der Waals surface area contributed by atoms with Gasteiger partial charge in [0.1, 0.15) is 6.10 Å². The summed E-state index contributed by atoms with van der Waals surface area (Å²) >= 11 is 0. The summed E-state index contributed by atoms with van der Waals surface area (Å²) in [5, 5.41) is 0. The third-order valence-electron chi connectivity index (χ3n) is 1.47. The number of hydrogen-bond acceptors (Lipinski definition) is 2. The fourth-order valence-corrected chi connectivity index (χ4v) is 2.55. The van der Waals surface area contributed by atoms with E-state index in [-0.39, 0.29) is 5.85 Å². The van der Waals surface area contributed by atoms with Crippen LogP contribution in [0.2, 0.25) is 0 Å². The molecular formula is C4H6O2P+. The van der Waals surface area contributed by atoms with Crippen molar-refractivity contribution in [3.05, 3.63) is 0 Å². The summed E-state index contributed by atoms with van der Waals surface area (Å²) in [4.78, 5) is 0. The van der Waals surface area contributed by atoms with Gasteiger partial charge in [-0.15, -0.1) is 0 Å². The summed E-state index contributed by atoms with van der Waals surface area (Å²) in [6, 6.07) is 0. The van der Waals surface area contributed by atoms with Crippen molar-refractivity contribution in [3.8, 4) is 0 Å². The van der Waals surface area contributed by atoms with E-state index in [1.54, 1.807) is 0 Å². The molecule has 0 bridgehead atoms. The average molecular weight is 117 g/mol. The monoisotopic (exact) mass is 117 g/mol. The van der Waals surface area contributed by atoms with Crippen molar-refractivity contribution in [1.82, 2.24) is 0 Å². The third-order valence-corrected chi connectivity index (χ3v) is 3.19. The molecule has 2 aliphatic rings. The Morgan fingerprint density at radius 3 is 2.71 bits per heavy atom. The van der Waals surface area contributed by atoms with E-state index in [2.05, 4.69) is 0 Å². The van der Waals surface area contributed by atoms with Gasteiger partial charge in [-0.1, -0.05) is 4.57 Å². The Morgan fingerprint density at radius 1 is 1.71 bits per heavy atom. The lowest BCUT2D eigenvalue weighted by Gasteiger charge is -1.71. The second-order valence-corrected chi connectivity index (χ2v) is 3.78. The van der Waals surface area contributed by atoms with Crippen LogP contribution in [0.3, 0.4) is 0 Å². The second-order valence-electron chi connectivity index (χ2n) is 1.99. The topological polar surface area (TPSA) is 29.6 Å². The Hall–Kier alpha value is 0.0600. The van der Waals surface area contributed by atoms with Crippen molar-refractivity contribution in [3.63, 3.8) is 0 Å². The molecule has 2 heterocycles. The molecule has 0 N–H and O–H groups in total. The predicted octanol–water partition coefficient (Wildman–Crippen LogP) is 0.942. The van der Waals surface area contributed by atoms with E-state index in [1.807, 2.05) is 0 Å². The number of epoxide rings is 1. The quantitative estimate of drug-likeness (QED) is 0.349. The molecule has 3 unspecified atom stereocenters. The normalized spacial score (nSPS) is 51.7. The Bertz CT molecular complexity index is 123. The lowest BCUT2D eigenvalue weighted by molar-refractivity contribution is 0.382. The summed E-state index contributed by atoms with van der Waals surface area (Å²) in [6.45, 7) is 0. The van der Waals surface area contributed by atoms with Crippen LogP contribution in [-0.2, 0) is 9.30 Å². The Balaban J connectivity index is 2.21. The van der Waals surface area contributed by atoms with Gasteiger partial charge in [0.2, 0.25) is 0 Å². The first-order chi connectivity index (χ1) is 3.38. The first-order valence-corrected chi connectivity index (χ1v) is 3.98. The second kappa shape index (κ2) is 1.07. The average Bonchev–Trinajstić information content (AvgIpc) is 2.33. The standard InChI is InChI=1S/C4H6O2P/c5-7-2-1-3-4(7)6-3/h3-4H,1-2H2/q+1. The third kappa shape index (κ3) is 0.440. The van der Waals surface area contributed by atoms with E-state index >= 15 is 0 Å². The molecule has 0 aromatic heterocycles. The molecule has 3 heteroatoms. The van der Waals surface area contributed by atoms with E-state index in [4.69, 9.17) is 4.74 Å². The Kier molecular flexibility index (Phi) is 0.608. The summed E-state index contributed by atoms with van der Waals surface area (Å²) in [7, 11) is -0.924. The van der Waals surface area contributed by atoms with E-state index in [1.165, 1.54) is 0 Å². The van der Waals surface area contributed by atoms with Gasteiger partial charge in [-0.05, 0) is 0 Å². The summed E-state index contributed by atoms with van der Waals surface area (Å²) in [5.74, 6) is 0.190. The van der Waals surface area contributed by atoms with Gasteiger partial charge in [-0.25, -0.2) is 0 Å². The van der Waals surface area contributed by atoms with Gasteiger partial charge in [0.25, 0.3) is 5.85 Å². The zero-order valence-electron chi connectivity index (χ0n) is 3.83. The molecule has 0 aromatic rings. The van der Waals surface area contributed by atoms with Gasteiger partial charge in [0.15, 0.2) is 6.16 Å². The fraction of sp³-hybridized carbons (Fsp3) is 1.00. The smallest absolute Gasteiger partial charge is 0.322 e. The molecule has 2 aliphatic heterocycles. The summed E-state index contributed by atoms with van der Waals surface area (Å²) in [5.41, 5.74) is 0. The minimum atomic E-state index is -0.924. The Labute approximate surface area is 42.6 Å². The highest BCUT2D eigenvalue weighted by atomic mass is 31.1. The van der Waals surface area contributed by atoms with E-state index in [9.17, 15) is 4.57 Å². The fourth-order valence-electron chi connectivity index (χ4n) is 0.979. The highest BCUT2D eigenvalue weighted by molar-refractivity contribution is 7.46. The molecular weight excluding hydrogens is 111 g/mol. The molecule has 0 aliphatic carbocycles. The minimum Gasteiger partial charge on any atom is -0.322 e. The molecule has 7 heavy (non-hydrogen) atoms. The van der Waals surface area contributed by atoms with Crippen molar-refractivity contribution in [2.45, 2.75) is 18.4 Å². The van der Waals surface area contributed by atoms with Crippen LogP contribution in [-0.4, -0.2) is 18.1 Å². The van der Waals surface area contributed by atoms with Crippen LogP contribution in [0.4, 0.5) is 0 Å². The zero-order chi connectivity index (χ0) is 4.85. The SMILES string of the molecule is O=[P+]1CCC2OC21. The molecule has 0 amide bonds. The van der Waals surface area contributed by atoms with Crippen LogP contribution in [0.15, 0.2) is 0 Å². The number of ether oxygens (including phenoxy) is 1. The largest absolute Gasteiger partial charge is 0.373 e. The van der Waals surface area contributed by atoms with Gasteiger partial charge >= 0.3 is 7.80 Å². The summed E-state index contributed by atoms with van der Waals surface area (Å²) < 4.78 is 15.6. The lowest BCUT2D eigenvalue weighted by Crippen LogP contribution is -1.77. The molecule has 0 radical (unpaired) electrons. The highest BCUT2D eigenvalue weighted by Gasteiger charge is 2.60. The van der Waals surface area contributed by atoms with Crippen LogP contribution in [0.25, 0.3) is 0 Å². The van der Waals surface area contributed by atoms with Crippen LogP contribution in [0.1, 0.15) is 6.42 Å². The number of hydrogen-bond donors (Lipinski definition) is 0. The highest BCUT2D eigenvalue weighted by Crippen LogP contribution is 2.52. The van der Waals surface area contributed by atoms with Crippen molar-refractivity contribution in [1.29, 1.82) is 0 Å². The maximum absolute atomic E-state index is 10.6. The van der Waals surface area contributed by atoms with E-state index in [0.29, 0.717) is 6.10 Å². The maximum Gasteiger partial charge on any atom is 0.373 e. The van der Waals surface area contributed by atoms with E-state index < -0.39 is 7.80 Å². The molecule has 38 valence electrons. The first kappa shape index (κ1) is 3.99. The van der Waals surface area contributed by atoms with Gasteiger partial charge < -0.3 is 4.74 Å². The van der Waals surface area contributed by atoms with Crippen molar-refractivity contribution >= 4 is 7.80 Å². The van der Waals surface area contributed by atoms with Gasteiger partial charge in [-0.3, -0.25) is 0 Å². The minimum absolute atomic E-state index is 0.190. The predicted molar refractivity (Wildman–Crippen MR) is 25.8 cm³/mol. The van der Waals surface area contributed by atoms with Gasteiger partial charge in [0, 0.05) is 6.42 Å². The van der Waals surface area contributed by atoms with E-state index in [0.717, 1.165) is 12.6 Å². The van der Waals surface area contributed by atoms with Gasteiger partial charge in [-0.2, -0.15) is 0 Å². The summed E-state index contributed by atoms with van der Waals surface area (Å²) in [6.07, 6.45) is 2.36. The van der Waals surface area contributed by atoms with Crippen LogP contribution < -0.4 is 0 Å².